The number of anilines is 2. The molecule has 0 atom stereocenters. The highest BCUT2D eigenvalue weighted by atomic mass is 32.1. The van der Waals surface area contributed by atoms with Gasteiger partial charge < -0.3 is 18.9 Å². The molecule has 0 unspecified atom stereocenters. The van der Waals surface area contributed by atoms with Crippen LogP contribution in [-0.2, 0) is 9.53 Å². The van der Waals surface area contributed by atoms with Gasteiger partial charge in [0.2, 0.25) is 10.3 Å². The highest BCUT2D eigenvalue weighted by Crippen LogP contribution is 2.30. The molecule has 1 aromatic carbocycles. The van der Waals surface area contributed by atoms with Crippen molar-refractivity contribution >= 4 is 33.6 Å². The van der Waals surface area contributed by atoms with Crippen molar-refractivity contribution in [1.82, 2.24) is 14.8 Å². The highest BCUT2D eigenvalue weighted by molar-refractivity contribution is 7.19. The van der Waals surface area contributed by atoms with E-state index in [1.54, 1.807) is 13.2 Å². The van der Waals surface area contributed by atoms with E-state index < -0.39 is 5.91 Å². The number of nitrogens with zero attached hydrogens (tertiary/aromatic N) is 5. The Morgan fingerprint density at radius 3 is 2.71 bits per heavy atom. The van der Waals surface area contributed by atoms with Crippen LogP contribution in [0.15, 0.2) is 29.8 Å². The predicted molar refractivity (Wildman–Crippen MR) is 132 cm³/mol. The largest absolute Gasteiger partial charge is 0.495 e. The average Bonchev–Trinajstić information content (AvgIpc) is 3.41. The molecule has 0 radical (unpaired) electrons. The molecule has 0 aliphatic carbocycles. The number of amides is 1. The smallest absolute Gasteiger partial charge is 0.268 e. The first-order chi connectivity index (χ1) is 16.4. The fraction of sp³-hybridized carbons (Fsp3) is 0.333. The number of morpholine rings is 1. The first-order valence-corrected chi connectivity index (χ1v) is 11.7. The average molecular weight is 479 g/mol. The molecule has 0 spiro atoms. The molecular weight excluding hydrogens is 452 g/mol. The van der Waals surface area contributed by atoms with Crippen LogP contribution in [0.4, 0.5) is 10.3 Å². The number of carbonyl (C=O) groups is 1. The Bertz CT molecular complexity index is 1280. The van der Waals surface area contributed by atoms with E-state index >= 15 is 0 Å². The first kappa shape index (κ1) is 23.5. The van der Waals surface area contributed by atoms with Crippen LogP contribution in [-0.4, -0.2) is 54.1 Å². The van der Waals surface area contributed by atoms with E-state index in [-0.39, 0.29) is 5.57 Å². The number of rotatable bonds is 6. The summed E-state index contributed by atoms with van der Waals surface area (Å²) in [6.07, 6.45) is 1.60. The molecule has 3 heterocycles. The molecule has 1 saturated heterocycles. The first-order valence-electron chi connectivity index (χ1n) is 10.8. The maximum Gasteiger partial charge on any atom is 0.268 e. The van der Waals surface area contributed by atoms with Crippen molar-refractivity contribution in [2.75, 3.05) is 43.6 Å². The normalized spacial score (nSPS) is 14.1. The number of nitriles is 1. The maximum atomic E-state index is 12.8. The molecule has 4 rings (SSSR count). The minimum atomic E-state index is -0.523. The van der Waals surface area contributed by atoms with Crippen molar-refractivity contribution in [3.8, 4) is 17.5 Å². The molecule has 10 heteroatoms. The summed E-state index contributed by atoms with van der Waals surface area (Å²) in [5, 5.41) is 21.7. The van der Waals surface area contributed by atoms with Gasteiger partial charge >= 0.3 is 0 Å². The molecule has 2 aromatic heterocycles. The van der Waals surface area contributed by atoms with Crippen molar-refractivity contribution in [3.05, 3.63) is 52.4 Å². The number of hydrogen-bond acceptors (Lipinski definition) is 8. The lowest BCUT2D eigenvalue weighted by Crippen LogP contribution is -2.36. The van der Waals surface area contributed by atoms with Crippen LogP contribution in [0.5, 0.6) is 5.75 Å². The molecule has 1 N–H and O–H groups in total. The number of aromatic nitrogens is 3. The molecule has 1 aliphatic heterocycles. The number of benzene rings is 1. The zero-order chi connectivity index (χ0) is 24.2. The van der Waals surface area contributed by atoms with E-state index in [9.17, 15) is 10.1 Å². The maximum absolute atomic E-state index is 12.8. The van der Waals surface area contributed by atoms with Crippen LogP contribution in [0.25, 0.3) is 11.8 Å². The summed E-state index contributed by atoms with van der Waals surface area (Å²) in [6, 6.07) is 9.93. The standard InChI is InChI=1S/C24H26N6O3S/c1-15-5-6-21(32-4)20(11-15)30-16(2)12-18(17(30)3)13-19(14-25)22(31)26-23-27-28-24(34-23)29-7-9-33-10-8-29/h5-6,11-13H,7-10H2,1-4H3,(H,26,27,31)/b19-13-. The Labute approximate surface area is 202 Å². The van der Waals surface area contributed by atoms with Gasteiger partial charge in [0.15, 0.2) is 0 Å². The van der Waals surface area contributed by atoms with Crippen LogP contribution >= 0.6 is 11.3 Å². The summed E-state index contributed by atoms with van der Waals surface area (Å²) >= 11 is 1.28. The van der Waals surface area contributed by atoms with Gasteiger partial charge in [-0.3, -0.25) is 10.1 Å². The third kappa shape index (κ3) is 4.81. The van der Waals surface area contributed by atoms with E-state index in [0.717, 1.165) is 52.2 Å². The summed E-state index contributed by atoms with van der Waals surface area (Å²) in [5.74, 6) is 0.221. The Balaban J connectivity index is 1.58. The second-order valence-corrected chi connectivity index (χ2v) is 8.91. The van der Waals surface area contributed by atoms with E-state index in [1.165, 1.54) is 11.3 Å². The zero-order valence-electron chi connectivity index (χ0n) is 19.6. The van der Waals surface area contributed by atoms with Crippen molar-refractivity contribution in [2.24, 2.45) is 0 Å². The third-order valence-electron chi connectivity index (χ3n) is 5.63. The van der Waals surface area contributed by atoms with Gasteiger partial charge in [-0.25, -0.2) is 0 Å². The van der Waals surface area contributed by atoms with E-state index in [1.807, 2.05) is 51.1 Å². The molecule has 1 amide bonds. The summed E-state index contributed by atoms with van der Waals surface area (Å²) in [5.41, 5.74) is 4.63. The molecule has 176 valence electrons. The SMILES string of the molecule is COc1ccc(C)cc1-n1c(C)cc(/C=C(/C#N)C(=O)Nc2nnc(N3CCOCC3)s2)c1C. The summed E-state index contributed by atoms with van der Waals surface area (Å²) in [6.45, 7) is 8.68. The monoisotopic (exact) mass is 478 g/mol. The van der Waals surface area contributed by atoms with Crippen LogP contribution < -0.4 is 15.0 Å². The van der Waals surface area contributed by atoms with Crippen LogP contribution in [0.1, 0.15) is 22.5 Å². The van der Waals surface area contributed by atoms with Gasteiger partial charge in [-0.2, -0.15) is 5.26 Å². The van der Waals surface area contributed by atoms with Crippen molar-refractivity contribution in [2.45, 2.75) is 20.8 Å². The number of hydrogen-bond donors (Lipinski definition) is 1. The van der Waals surface area contributed by atoms with E-state index in [0.29, 0.717) is 18.3 Å². The Morgan fingerprint density at radius 1 is 1.24 bits per heavy atom. The number of nitrogens with one attached hydrogen (secondary N) is 1. The fourth-order valence-electron chi connectivity index (χ4n) is 3.90. The quantitative estimate of drug-likeness (QED) is 0.426. The predicted octanol–water partition coefficient (Wildman–Crippen LogP) is 3.64. The number of aryl methyl sites for hydroxylation is 2. The fourth-order valence-corrected chi connectivity index (χ4v) is 4.69. The van der Waals surface area contributed by atoms with E-state index in [4.69, 9.17) is 9.47 Å². The zero-order valence-corrected chi connectivity index (χ0v) is 20.4. The van der Waals surface area contributed by atoms with Crippen LogP contribution in [0.3, 0.4) is 0 Å². The van der Waals surface area contributed by atoms with Gasteiger partial charge in [-0.05, 0) is 56.2 Å². The molecule has 0 saturated carbocycles. The van der Waals surface area contributed by atoms with Gasteiger partial charge in [0.1, 0.15) is 17.4 Å². The molecule has 34 heavy (non-hydrogen) atoms. The molecule has 0 bridgehead atoms. The molecule has 1 fully saturated rings. The van der Waals surface area contributed by atoms with Gasteiger partial charge in [0.05, 0.1) is 26.0 Å². The Kier molecular flexibility index (Phi) is 6.95. The second kappa shape index (κ2) is 10.1. The lowest BCUT2D eigenvalue weighted by atomic mass is 10.1. The lowest BCUT2D eigenvalue weighted by molar-refractivity contribution is -0.112. The topological polar surface area (TPSA) is 105 Å². The highest BCUT2D eigenvalue weighted by Gasteiger charge is 2.19. The number of carbonyl (C=O) groups excluding carboxylic acids is 1. The second-order valence-electron chi connectivity index (χ2n) is 7.95. The van der Waals surface area contributed by atoms with Gasteiger partial charge in [0.25, 0.3) is 5.91 Å². The van der Waals surface area contributed by atoms with Crippen molar-refractivity contribution < 1.29 is 14.3 Å². The summed E-state index contributed by atoms with van der Waals surface area (Å²) in [7, 11) is 1.64. The van der Waals surface area contributed by atoms with Crippen molar-refractivity contribution in [1.29, 1.82) is 5.26 Å². The Morgan fingerprint density at radius 2 is 2.00 bits per heavy atom. The van der Waals surface area contributed by atoms with Gasteiger partial charge in [-0.1, -0.05) is 17.4 Å². The minimum absolute atomic E-state index is 0.0143. The lowest BCUT2D eigenvalue weighted by Gasteiger charge is -2.25. The molecular formula is C24H26N6O3S. The molecule has 1 aliphatic rings. The van der Waals surface area contributed by atoms with Gasteiger partial charge in [0, 0.05) is 24.5 Å². The summed E-state index contributed by atoms with van der Waals surface area (Å²) < 4.78 is 13.0. The minimum Gasteiger partial charge on any atom is -0.495 e. The van der Waals surface area contributed by atoms with E-state index in [2.05, 4.69) is 25.0 Å². The molecule has 3 aromatic rings. The number of methoxy groups -OCH3 is 1. The summed E-state index contributed by atoms with van der Waals surface area (Å²) in [4.78, 5) is 14.9. The Hall–Kier alpha value is -3.68. The molecule has 9 nitrogen and oxygen atoms in total. The van der Waals surface area contributed by atoms with Crippen molar-refractivity contribution in [3.63, 3.8) is 0 Å². The van der Waals surface area contributed by atoms with Gasteiger partial charge in [-0.15, -0.1) is 10.2 Å². The number of ether oxygens (including phenoxy) is 2. The van der Waals surface area contributed by atoms with Crippen LogP contribution in [0, 0.1) is 32.1 Å². The van der Waals surface area contributed by atoms with Crippen LogP contribution in [0.2, 0.25) is 0 Å². The third-order valence-corrected chi connectivity index (χ3v) is 6.53.